The van der Waals surface area contributed by atoms with Crippen molar-refractivity contribution in [2.75, 3.05) is 26.8 Å². The average molecular weight is 252 g/mol. The zero-order chi connectivity index (χ0) is 12.8. The van der Waals surface area contributed by atoms with Gasteiger partial charge in [-0.3, -0.25) is 4.79 Å². The van der Waals surface area contributed by atoms with Crippen LogP contribution in [0.2, 0.25) is 0 Å². The van der Waals surface area contributed by atoms with Gasteiger partial charge in [0.2, 0.25) is 5.91 Å². The van der Waals surface area contributed by atoms with Gasteiger partial charge < -0.3 is 19.8 Å². The highest BCUT2D eigenvalue weighted by Gasteiger charge is 2.39. The first-order chi connectivity index (χ1) is 8.77. The van der Waals surface area contributed by atoms with Crippen molar-refractivity contribution in [2.24, 2.45) is 5.41 Å². The van der Waals surface area contributed by atoms with Gasteiger partial charge in [0, 0.05) is 19.2 Å². The molecule has 1 aliphatic rings. The van der Waals surface area contributed by atoms with Crippen LogP contribution in [-0.2, 0) is 16.1 Å². The largest absolute Gasteiger partial charge is 0.472 e. The Labute approximate surface area is 107 Å². The van der Waals surface area contributed by atoms with Crippen molar-refractivity contribution >= 4 is 5.91 Å². The number of methoxy groups -OCH3 is 1. The number of carbonyl (C=O) groups is 1. The van der Waals surface area contributed by atoms with Crippen LogP contribution in [-0.4, -0.2) is 32.7 Å². The summed E-state index contributed by atoms with van der Waals surface area (Å²) in [5.74, 6) is 0.0760. The number of amides is 1. The fraction of sp³-hybridized carbons (Fsp3) is 0.615. The summed E-state index contributed by atoms with van der Waals surface area (Å²) in [5.41, 5.74) is 0.592. The Morgan fingerprint density at radius 3 is 2.94 bits per heavy atom. The van der Waals surface area contributed by atoms with Gasteiger partial charge in [0.25, 0.3) is 0 Å². The molecule has 0 radical (unpaired) electrons. The van der Waals surface area contributed by atoms with E-state index in [0.29, 0.717) is 13.2 Å². The minimum atomic E-state index is -0.385. The lowest BCUT2D eigenvalue weighted by atomic mass is 9.78. The molecule has 1 aliphatic heterocycles. The maximum absolute atomic E-state index is 12.4. The van der Waals surface area contributed by atoms with Crippen LogP contribution in [0.4, 0.5) is 0 Å². The van der Waals surface area contributed by atoms with Crippen molar-refractivity contribution in [1.29, 1.82) is 0 Å². The van der Waals surface area contributed by atoms with Gasteiger partial charge in [0.05, 0.1) is 24.5 Å². The molecule has 0 spiro atoms. The molecule has 1 aromatic heterocycles. The lowest BCUT2D eigenvalue weighted by Crippen LogP contribution is -2.49. The van der Waals surface area contributed by atoms with E-state index in [1.165, 1.54) is 0 Å². The van der Waals surface area contributed by atoms with E-state index in [9.17, 15) is 4.79 Å². The van der Waals surface area contributed by atoms with Crippen LogP contribution in [0, 0.1) is 5.41 Å². The van der Waals surface area contributed by atoms with Crippen LogP contribution in [0.15, 0.2) is 23.0 Å². The Balaban J connectivity index is 1.95. The highest BCUT2D eigenvalue weighted by Crippen LogP contribution is 2.29. The predicted molar refractivity (Wildman–Crippen MR) is 67.0 cm³/mol. The van der Waals surface area contributed by atoms with Crippen molar-refractivity contribution in [3.63, 3.8) is 0 Å². The maximum atomic E-state index is 12.4. The zero-order valence-electron chi connectivity index (χ0n) is 10.7. The summed E-state index contributed by atoms with van der Waals surface area (Å²) in [6.45, 7) is 2.71. The summed E-state index contributed by atoms with van der Waals surface area (Å²) in [4.78, 5) is 12.4. The van der Waals surface area contributed by atoms with Crippen LogP contribution in [0.5, 0.6) is 0 Å². The molecule has 0 bridgehead atoms. The topological polar surface area (TPSA) is 63.5 Å². The Morgan fingerprint density at radius 1 is 1.56 bits per heavy atom. The molecular formula is C13H20N2O3. The molecule has 2 N–H and O–H groups in total. The number of piperidine rings is 1. The summed E-state index contributed by atoms with van der Waals surface area (Å²) in [6, 6.07) is 1.85. The highest BCUT2D eigenvalue weighted by molar-refractivity contribution is 5.83. The fourth-order valence-electron chi connectivity index (χ4n) is 2.38. The van der Waals surface area contributed by atoms with E-state index in [-0.39, 0.29) is 11.3 Å². The molecule has 1 saturated heterocycles. The molecule has 100 valence electrons. The molecule has 18 heavy (non-hydrogen) atoms. The molecule has 1 fully saturated rings. The molecule has 1 aromatic rings. The number of rotatable bonds is 5. The summed E-state index contributed by atoms with van der Waals surface area (Å²) >= 11 is 0. The molecule has 0 unspecified atom stereocenters. The second kappa shape index (κ2) is 6.02. The normalized spacial score (nSPS) is 18.5. The Kier molecular flexibility index (Phi) is 4.38. The quantitative estimate of drug-likeness (QED) is 0.817. The standard InChI is InChI=1S/C13H20N2O3/c1-17-10-13(3-5-14-6-4-13)12(16)15-8-11-2-7-18-9-11/h2,7,9,14H,3-6,8,10H2,1H3,(H,15,16). The number of furan rings is 1. The van der Waals surface area contributed by atoms with E-state index in [1.54, 1.807) is 19.6 Å². The second-order valence-electron chi connectivity index (χ2n) is 4.78. The van der Waals surface area contributed by atoms with Gasteiger partial charge >= 0.3 is 0 Å². The van der Waals surface area contributed by atoms with E-state index in [2.05, 4.69) is 10.6 Å². The van der Waals surface area contributed by atoms with E-state index in [1.807, 2.05) is 6.07 Å². The van der Waals surface area contributed by atoms with Gasteiger partial charge in [-0.2, -0.15) is 0 Å². The molecule has 5 heteroatoms. The van der Waals surface area contributed by atoms with Gasteiger partial charge in [-0.25, -0.2) is 0 Å². The van der Waals surface area contributed by atoms with Crippen molar-refractivity contribution < 1.29 is 13.9 Å². The Morgan fingerprint density at radius 2 is 2.33 bits per heavy atom. The third kappa shape index (κ3) is 2.91. The summed E-state index contributed by atoms with van der Waals surface area (Å²) in [5, 5.41) is 6.25. The van der Waals surface area contributed by atoms with E-state index < -0.39 is 0 Å². The minimum Gasteiger partial charge on any atom is -0.472 e. The van der Waals surface area contributed by atoms with E-state index in [4.69, 9.17) is 9.15 Å². The molecule has 0 atom stereocenters. The lowest BCUT2D eigenvalue weighted by molar-refractivity contribution is -0.136. The smallest absolute Gasteiger partial charge is 0.228 e. The van der Waals surface area contributed by atoms with Crippen LogP contribution in [0.3, 0.4) is 0 Å². The van der Waals surface area contributed by atoms with Gasteiger partial charge in [-0.1, -0.05) is 0 Å². The average Bonchev–Trinajstić information content (AvgIpc) is 2.90. The van der Waals surface area contributed by atoms with Crippen LogP contribution in [0.1, 0.15) is 18.4 Å². The van der Waals surface area contributed by atoms with Crippen LogP contribution in [0.25, 0.3) is 0 Å². The third-order valence-corrected chi connectivity index (χ3v) is 3.50. The summed E-state index contributed by atoms with van der Waals surface area (Å²) < 4.78 is 10.2. The molecule has 2 heterocycles. The predicted octanol–water partition coefficient (Wildman–Crippen LogP) is 0.912. The second-order valence-corrected chi connectivity index (χ2v) is 4.78. The Bertz CT molecular complexity index is 364. The fourth-order valence-corrected chi connectivity index (χ4v) is 2.38. The number of carbonyl (C=O) groups excluding carboxylic acids is 1. The van der Waals surface area contributed by atoms with Crippen molar-refractivity contribution in [3.8, 4) is 0 Å². The lowest BCUT2D eigenvalue weighted by Gasteiger charge is -2.35. The monoisotopic (exact) mass is 252 g/mol. The van der Waals surface area contributed by atoms with Gasteiger partial charge in [-0.05, 0) is 32.0 Å². The van der Waals surface area contributed by atoms with Gasteiger partial charge in [-0.15, -0.1) is 0 Å². The van der Waals surface area contributed by atoms with Gasteiger partial charge in [0.1, 0.15) is 0 Å². The number of hydrogen-bond donors (Lipinski definition) is 2. The first-order valence-electron chi connectivity index (χ1n) is 6.26. The van der Waals surface area contributed by atoms with Crippen molar-refractivity contribution in [3.05, 3.63) is 24.2 Å². The number of nitrogens with one attached hydrogen (secondary N) is 2. The minimum absolute atomic E-state index is 0.0760. The highest BCUT2D eigenvalue weighted by atomic mass is 16.5. The maximum Gasteiger partial charge on any atom is 0.228 e. The summed E-state index contributed by atoms with van der Waals surface area (Å²) in [7, 11) is 1.65. The van der Waals surface area contributed by atoms with Crippen molar-refractivity contribution in [1.82, 2.24) is 10.6 Å². The summed E-state index contributed by atoms with van der Waals surface area (Å²) in [6.07, 6.45) is 4.89. The molecule has 5 nitrogen and oxygen atoms in total. The molecule has 2 rings (SSSR count). The van der Waals surface area contributed by atoms with Crippen LogP contribution >= 0.6 is 0 Å². The third-order valence-electron chi connectivity index (χ3n) is 3.50. The molecule has 0 aliphatic carbocycles. The van der Waals surface area contributed by atoms with E-state index >= 15 is 0 Å². The Hall–Kier alpha value is -1.33. The molecular weight excluding hydrogens is 232 g/mol. The molecule has 0 aromatic carbocycles. The first kappa shape index (κ1) is 13.1. The molecule has 1 amide bonds. The molecule has 0 saturated carbocycles. The van der Waals surface area contributed by atoms with E-state index in [0.717, 1.165) is 31.5 Å². The van der Waals surface area contributed by atoms with Crippen LogP contribution < -0.4 is 10.6 Å². The first-order valence-corrected chi connectivity index (χ1v) is 6.26. The number of hydrogen-bond acceptors (Lipinski definition) is 4. The SMILES string of the molecule is COCC1(C(=O)NCc2ccoc2)CCNCC1. The van der Waals surface area contributed by atoms with Crippen molar-refractivity contribution in [2.45, 2.75) is 19.4 Å². The van der Waals surface area contributed by atoms with Gasteiger partial charge in [0.15, 0.2) is 0 Å². The number of ether oxygens (including phenoxy) is 1. The zero-order valence-corrected chi connectivity index (χ0v) is 10.7.